The maximum absolute atomic E-state index is 12.3. The van der Waals surface area contributed by atoms with Gasteiger partial charge in [0.2, 0.25) is 0 Å². The number of rotatable bonds is 6. The van der Waals surface area contributed by atoms with E-state index in [2.05, 4.69) is 31.9 Å². The standard InChI is InChI=1S/C20H18BrN3O4/c1-22-20(26)24-15-7-5-14(6-8-15)23-19(25)18-10-9-17(28-18)12-27-16-4-2-3-13(21)11-16/h2-11H,12H2,1H3,(H,23,25)(H2,22,24,26). The molecule has 144 valence electrons. The first-order chi connectivity index (χ1) is 13.5. The molecule has 0 aliphatic rings. The predicted molar refractivity (Wildman–Crippen MR) is 110 cm³/mol. The molecule has 0 fully saturated rings. The summed E-state index contributed by atoms with van der Waals surface area (Å²) < 4.78 is 12.1. The molecule has 0 bridgehead atoms. The summed E-state index contributed by atoms with van der Waals surface area (Å²) in [6, 6.07) is 17.2. The molecule has 0 spiro atoms. The highest BCUT2D eigenvalue weighted by atomic mass is 79.9. The second-order valence-electron chi connectivity index (χ2n) is 5.75. The second-order valence-corrected chi connectivity index (χ2v) is 6.66. The topological polar surface area (TPSA) is 92.6 Å². The summed E-state index contributed by atoms with van der Waals surface area (Å²) in [5, 5.41) is 7.84. The number of anilines is 2. The fourth-order valence-corrected chi connectivity index (χ4v) is 2.69. The van der Waals surface area contributed by atoms with Crippen LogP contribution in [-0.2, 0) is 6.61 Å². The van der Waals surface area contributed by atoms with Gasteiger partial charge in [0.05, 0.1) is 0 Å². The van der Waals surface area contributed by atoms with Gasteiger partial charge in [0.25, 0.3) is 5.91 Å². The molecular formula is C20H18BrN3O4. The molecule has 0 unspecified atom stereocenters. The van der Waals surface area contributed by atoms with Crippen molar-refractivity contribution in [3.63, 3.8) is 0 Å². The molecular weight excluding hydrogens is 426 g/mol. The van der Waals surface area contributed by atoms with Crippen LogP contribution >= 0.6 is 15.9 Å². The van der Waals surface area contributed by atoms with Crippen LogP contribution in [0.25, 0.3) is 0 Å². The lowest BCUT2D eigenvalue weighted by Gasteiger charge is -2.07. The van der Waals surface area contributed by atoms with Gasteiger partial charge in [0, 0.05) is 22.9 Å². The van der Waals surface area contributed by atoms with Gasteiger partial charge < -0.3 is 25.1 Å². The van der Waals surface area contributed by atoms with Crippen molar-refractivity contribution in [2.75, 3.05) is 17.7 Å². The van der Waals surface area contributed by atoms with Crippen LogP contribution in [0.4, 0.5) is 16.2 Å². The van der Waals surface area contributed by atoms with E-state index in [1.54, 1.807) is 36.4 Å². The summed E-state index contributed by atoms with van der Waals surface area (Å²) in [7, 11) is 1.53. The van der Waals surface area contributed by atoms with Crippen molar-refractivity contribution >= 4 is 39.2 Å². The zero-order chi connectivity index (χ0) is 19.9. The minimum atomic E-state index is -0.374. The minimum Gasteiger partial charge on any atom is -0.486 e. The summed E-state index contributed by atoms with van der Waals surface area (Å²) in [4.78, 5) is 23.6. The van der Waals surface area contributed by atoms with E-state index in [4.69, 9.17) is 9.15 Å². The molecule has 0 aliphatic heterocycles. The Morgan fingerprint density at radius 2 is 1.71 bits per heavy atom. The Morgan fingerprint density at radius 1 is 1.00 bits per heavy atom. The molecule has 2 aromatic carbocycles. The van der Waals surface area contributed by atoms with Crippen LogP contribution in [0.3, 0.4) is 0 Å². The Kier molecular flexibility index (Phi) is 6.33. The summed E-state index contributed by atoms with van der Waals surface area (Å²) in [6.07, 6.45) is 0. The number of halogens is 1. The molecule has 0 radical (unpaired) electrons. The van der Waals surface area contributed by atoms with Crippen LogP contribution in [0, 0.1) is 0 Å². The molecule has 0 aliphatic carbocycles. The van der Waals surface area contributed by atoms with Gasteiger partial charge in [-0.3, -0.25) is 4.79 Å². The van der Waals surface area contributed by atoms with E-state index < -0.39 is 0 Å². The zero-order valence-corrected chi connectivity index (χ0v) is 16.6. The average Bonchev–Trinajstić information content (AvgIpc) is 3.17. The normalized spacial score (nSPS) is 10.2. The van der Waals surface area contributed by atoms with Gasteiger partial charge in [-0.2, -0.15) is 0 Å². The average molecular weight is 444 g/mol. The molecule has 8 heteroatoms. The summed E-state index contributed by atoms with van der Waals surface area (Å²) in [6.45, 7) is 0.212. The number of urea groups is 1. The van der Waals surface area contributed by atoms with Crippen molar-refractivity contribution in [2.24, 2.45) is 0 Å². The van der Waals surface area contributed by atoms with Gasteiger partial charge in [-0.25, -0.2) is 4.79 Å². The Balaban J connectivity index is 1.55. The number of benzene rings is 2. The summed E-state index contributed by atoms with van der Waals surface area (Å²) in [5.41, 5.74) is 1.19. The molecule has 1 heterocycles. The first-order valence-electron chi connectivity index (χ1n) is 8.41. The van der Waals surface area contributed by atoms with Crippen LogP contribution in [0.15, 0.2) is 69.6 Å². The van der Waals surface area contributed by atoms with E-state index in [1.165, 1.54) is 7.05 Å². The SMILES string of the molecule is CNC(=O)Nc1ccc(NC(=O)c2ccc(COc3cccc(Br)c3)o2)cc1. The smallest absolute Gasteiger partial charge is 0.318 e. The Hall–Kier alpha value is -3.26. The number of carbonyl (C=O) groups excluding carboxylic acids is 2. The van der Waals surface area contributed by atoms with E-state index in [9.17, 15) is 9.59 Å². The molecule has 0 saturated heterocycles. The van der Waals surface area contributed by atoms with Crippen LogP contribution in [0.5, 0.6) is 5.75 Å². The summed E-state index contributed by atoms with van der Waals surface area (Å²) >= 11 is 3.38. The first kappa shape index (κ1) is 19.5. The molecule has 3 amide bonds. The van der Waals surface area contributed by atoms with Gasteiger partial charge in [-0.1, -0.05) is 22.0 Å². The highest BCUT2D eigenvalue weighted by Crippen LogP contribution is 2.20. The fourth-order valence-electron chi connectivity index (χ4n) is 2.31. The van der Waals surface area contributed by atoms with Crippen molar-refractivity contribution < 1.29 is 18.7 Å². The molecule has 0 saturated carbocycles. The van der Waals surface area contributed by atoms with Crippen molar-refractivity contribution in [2.45, 2.75) is 6.61 Å². The molecule has 3 aromatic rings. The number of hydrogen-bond donors (Lipinski definition) is 3. The third-order valence-electron chi connectivity index (χ3n) is 3.69. The summed E-state index contributed by atoms with van der Waals surface area (Å²) in [5.74, 6) is 1.04. The van der Waals surface area contributed by atoms with Crippen LogP contribution in [-0.4, -0.2) is 19.0 Å². The van der Waals surface area contributed by atoms with Gasteiger partial charge in [0.1, 0.15) is 18.1 Å². The Bertz CT molecular complexity index is 970. The number of carbonyl (C=O) groups is 2. The molecule has 3 N–H and O–H groups in total. The third kappa shape index (κ3) is 5.37. The van der Waals surface area contributed by atoms with Crippen LogP contribution in [0.2, 0.25) is 0 Å². The molecule has 1 aromatic heterocycles. The highest BCUT2D eigenvalue weighted by molar-refractivity contribution is 9.10. The van der Waals surface area contributed by atoms with E-state index in [0.717, 1.165) is 4.47 Å². The number of ether oxygens (including phenoxy) is 1. The van der Waals surface area contributed by atoms with E-state index in [0.29, 0.717) is 22.9 Å². The van der Waals surface area contributed by atoms with Gasteiger partial charge in [0.15, 0.2) is 5.76 Å². The minimum absolute atomic E-state index is 0.181. The quantitative estimate of drug-likeness (QED) is 0.517. The Morgan fingerprint density at radius 3 is 2.39 bits per heavy atom. The third-order valence-corrected chi connectivity index (χ3v) is 4.18. The maximum Gasteiger partial charge on any atom is 0.318 e. The number of hydrogen-bond acceptors (Lipinski definition) is 4. The molecule has 0 atom stereocenters. The number of furan rings is 1. The van der Waals surface area contributed by atoms with Crippen molar-refractivity contribution in [1.82, 2.24) is 5.32 Å². The van der Waals surface area contributed by atoms with Crippen LogP contribution < -0.4 is 20.7 Å². The number of amides is 3. The molecule has 28 heavy (non-hydrogen) atoms. The molecule has 3 rings (SSSR count). The maximum atomic E-state index is 12.3. The second kappa shape index (κ2) is 9.09. The van der Waals surface area contributed by atoms with Crippen molar-refractivity contribution in [1.29, 1.82) is 0 Å². The van der Waals surface area contributed by atoms with Gasteiger partial charge >= 0.3 is 6.03 Å². The Labute approximate surface area is 170 Å². The largest absolute Gasteiger partial charge is 0.486 e. The highest BCUT2D eigenvalue weighted by Gasteiger charge is 2.12. The van der Waals surface area contributed by atoms with Gasteiger partial charge in [-0.05, 0) is 54.6 Å². The number of nitrogens with one attached hydrogen (secondary N) is 3. The lowest BCUT2D eigenvalue weighted by atomic mass is 10.2. The van der Waals surface area contributed by atoms with E-state index in [1.807, 2.05) is 24.3 Å². The zero-order valence-electron chi connectivity index (χ0n) is 15.0. The van der Waals surface area contributed by atoms with E-state index >= 15 is 0 Å². The lowest BCUT2D eigenvalue weighted by molar-refractivity contribution is 0.0992. The lowest BCUT2D eigenvalue weighted by Crippen LogP contribution is -2.24. The monoisotopic (exact) mass is 443 g/mol. The first-order valence-corrected chi connectivity index (χ1v) is 9.20. The van der Waals surface area contributed by atoms with Crippen molar-refractivity contribution in [3.05, 3.63) is 76.7 Å². The predicted octanol–water partition coefficient (Wildman–Crippen LogP) is 4.62. The van der Waals surface area contributed by atoms with Gasteiger partial charge in [-0.15, -0.1) is 0 Å². The fraction of sp³-hybridized carbons (Fsp3) is 0.100. The molecule has 7 nitrogen and oxygen atoms in total. The van der Waals surface area contributed by atoms with Crippen molar-refractivity contribution in [3.8, 4) is 5.75 Å². The van der Waals surface area contributed by atoms with E-state index in [-0.39, 0.29) is 24.3 Å². The van der Waals surface area contributed by atoms with Crippen LogP contribution in [0.1, 0.15) is 16.3 Å².